The zero-order chi connectivity index (χ0) is 27.9. The van der Waals surface area contributed by atoms with E-state index in [9.17, 15) is 13.9 Å². The van der Waals surface area contributed by atoms with Gasteiger partial charge in [-0.3, -0.25) is 9.88 Å². The van der Waals surface area contributed by atoms with Crippen molar-refractivity contribution in [3.63, 3.8) is 0 Å². The van der Waals surface area contributed by atoms with Gasteiger partial charge in [0, 0.05) is 55.3 Å². The fraction of sp³-hybridized carbons (Fsp3) is 0.387. The van der Waals surface area contributed by atoms with Gasteiger partial charge in [-0.15, -0.1) is 0 Å². The molecule has 2 aromatic heterocycles. The average Bonchev–Trinajstić information content (AvgIpc) is 3.73. The molecule has 4 aliphatic rings. The van der Waals surface area contributed by atoms with Crippen LogP contribution in [0.15, 0.2) is 36.5 Å². The molecule has 0 unspecified atom stereocenters. The zero-order valence-corrected chi connectivity index (χ0v) is 22.2. The van der Waals surface area contributed by atoms with Crippen molar-refractivity contribution in [3.8, 4) is 28.8 Å². The molecule has 0 amide bonds. The molecule has 41 heavy (non-hydrogen) atoms. The highest BCUT2D eigenvalue weighted by Gasteiger charge is 2.47. The Hall–Kier alpha value is -3.94. The third kappa shape index (κ3) is 3.86. The van der Waals surface area contributed by atoms with E-state index in [4.69, 9.17) is 4.98 Å². The van der Waals surface area contributed by atoms with Gasteiger partial charge in [0.05, 0.1) is 10.9 Å². The van der Waals surface area contributed by atoms with E-state index in [-0.39, 0.29) is 39.8 Å². The van der Waals surface area contributed by atoms with Gasteiger partial charge >= 0.3 is 0 Å². The summed E-state index contributed by atoms with van der Waals surface area (Å²) >= 11 is 0. The first-order chi connectivity index (χ1) is 19.9. The summed E-state index contributed by atoms with van der Waals surface area (Å²) in [6.45, 7) is 2.70. The number of fused-ring (bicyclic) bond motifs is 5. The van der Waals surface area contributed by atoms with Crippen molar-refractivity contribution in [1.29, 1.82) is 0 Å². The second-order valence-corrected chi connectivity index (χ2v) is 11.7. The van der Waals surface area contributed by atoms with Crippen molar-refractivity contribution in [1.82, 2.24) is 25.2 Å². The number of phenols is 1. The van der Waals surface area contributed by atoms with Crippen molar-refractivity contribution >= 4 is 27.5 Å². The first kappa shape index (κ1) is 24.8. The topological polar surface area (TPSA) is 77.4 Å². The number of piperazine rings is 1. The highest BCUT2D eigenvalue weighted by Crippen LogP contribution is 2.41. The van der Waals surface area contributed by atoms with Gasteiger partial charge in [-0.25, -0.2) is 23.1 Å². The number of pyridine rings is 1. The van der Waals surface area contributed by atoms with E-state index < -0.39 is 23.3 Å². The Bertz CT molecular complexity index is 1800. The van der Waals surface area contributed by atoms with Gasteiger partial charge in [0.25, 0.3) is 0 Å². The minimum atomic E-state index is -0.922. The molecular weight excluding hydrogens is 529 g/mol. The van der Waals surface area contributed by atoms with Crippen molar-refractivity contribution in [2.45, 2.75) is 49.5 Å². The number of alkyl halides is 1. The number of nitrogens with zero attached hydrogens (tertiary/aromatic N) is 5. The largest absolute Gasteiger partial charge is 0.508 e. The fourth-order valence-electron chi connectivity index (χ4n) is 7.34. The third-order valence-electron chi connectivity index (χ3n) is 9.17. The third-order valence-corrected chi connectivity index (χ3v) is 9.17. The SMILES string of the molecule is Oc1cc(-c2ncc3c(N4C[C@@H]5C[C@H]4CN5)nc(C#C[C@@]45CCCN4C[C@H](F)C5)nc3c2F)c2c(F)cccc2c1. The van der Waals surface area contributed by atoms with E-state index >= 15 is 4.39 Å². The minimum absolute atomic E-state index is 0.0310. The Kier molecular flexibility index (Phi) is 5.47. The maximum Gasteiger partial charge on any atom is 0.207 e. The molecule has 4 atom stereocenters. The molecule has 208 valence electrons. The molecule has 0 spiro atoms. The molecular formula is C31H27F3N6O. The predicted octanol–water partition coefficient (Wildman–Crippen LogP) is 4.31. The summed E-state index contributed by atoms with van der Waals surface area (Å²) in [4.78, 5) is 18.1. The van der Waals surface area contributed by atoms with Crippen LogP contribution < -0.4 is 10.2 Å². The summed E-state index contributed by atoms with van der Waals surface area (Å²) in [5.41, 5.74) is -0.499. The lowest BCUT2D eigenvalue weighted by Crippen LogP contribution is -2.44. The van der Waals surface area contributed by atoms with Crippen LogP contribution in [0.5, 0.6) is 5.75 Å². The fourth-order valence-corrected chi connectivity index (χ4v) is 7.34. The summed E-state index contributed by atoms with van der Waals surface area (Å²) in [6.07, 6.45) is 3.65. The number of aromatic nitrogens is 3. The molecule has 0 aliphatic carbocycles. The van der Waals surface area contributed by atoms with E-state index in [0.29, 0.717) is 35.6 Å². The van der Waals surface area contributed by atoms with E-state index in [0.717, 1.165) is 38.9 Å². The van der Waals surface area contributed by atoms with Crippen LogP contribution in [0, 0.1) is 23.5 Å². The predicted molar refractivity (Wildman–Crippen MR) is 149 cm³/mol. The molecule has 4 aliphatic heterocycles. The summed E-state index contributed by atoms with van der Waals surface area (Å²) in [6, 6.07) is 7.76. The molecule has 10 heteroatoms. The molecule has 0 saturated carbocycles. The first-order valence-electron chi connectivity index (χ1n) is 14.1. The number of hydrogen-bond acceptors (Lipinski definition) is 7. The highest BCUT2D eigenvalue weighted by molar-refractivity contribution is 6.00. The average molecular weight is 557 g/mol. The number of rotatable bonds is 2. The molecule has 2 bridgehead atoms. The molecule has 4 saturated heterocycles. The molecule has 6 heterocycles. The first-order valence-corrected chi connectivity index (χ1v) is 14.1. The van der Waals surface area contributed by atoms with Crippen LogP contribution in [0.3, 0.4) is 0 Å². The van der Waals surface area contributed by atoms with Crippen LogP contribution in [0.25, 0.3) is 32.9 Å². The molecule has 4 fully saturated rings. The normalized spacial score (nSPS) is 27.1. The number of aromatic hydroxyl groups is 1. The van der Waals surface area contributed by atoms with Crippen molar-refractivity contribution in [2.24, 2.45) is 0 Å². The lowest BCUT2D eigenvalue weighted by atomic mass is 9.94. The van der Waals surface area contributed by atoms with Gasteiger partial charge < -0.3 is 15.3 Å². The maximum absolute atomic E-state index is 16.5. The monoisotopic (exact) mass is 556 g/mol. The van der Waals surface area contributed by atoms with E-state index in [2.05, 4.69) is 36.9 Å². The van der Waals surface area contributed by atoms with Gasteiger partial charge in [0.15, 0.2) is 5.82 Å². The Labute approximate surface area is 234 Å². The van der Waals surface area contributed by atoms with Crippen LogP contribution in [-0.2, 0) is 0 Å². The van der Waals surface area contributed by atoms with Crippen molar-refractivity contribution in [3.05, 3.63) is 54.0 Å². The van der Waals surface area contributed by atoms with Crippen LogP contribution in [0.1, 0.15) is 31.5 Å². The Morgan fingerprint density at radius 1 is 1.15 bits per heavy atom. The summed E-state index contributed by atoms with van der Waals surface area (Å²) in [7, 11) is 0. The molecule has 7 nitrogen and oxygen atoms in total. The molecule has 8 rings (SSSR count). The second-order valence-electron chi connectivity index (χ2n) is 11.7. The van der Waals surface area contributed by atoms with Crippen LogP contribution in [0.4, 0.5) is 19.0 Å². The highest BCUT2D eigenvalue weighted by atomic mass is 19.1. The quantitative estimate of drug-likeness (QED) is 0.357. The number of hydrogen-bond donors (Lipinski definition) is 2. The second kappa shape index (κ2) is 9.03. The number of halogens is 3. The van der Waals surface area contributed by atoms with E-state index in [1.54, 1.807) is 6.07 Å². The van der Waals surface area contributed by atoms with E-state index in [1.807, 2.05) is 0 Å². The van der Waals surface area contributed by atoms with Gasteiger partial charge in [-0.2, -0.15) is 0 Å². The molecule has 4 aromatic rings. The molecule has 0 radical (unpaired) electrons. The van der Waals surface area contributed by atoms with E-state index in [1.165, 1.54) is 30.5 Å². The summed E-state index contributed by atoms with van der Waals surface area (Å²) < 4.78 is 45.8. The Morgan fingerprint density at radius 2 is 2.05 bits per heavy atom. The smallest absolute Gasteiger partial charge is 0.207 e. The lowest BCUT2D eigenvalue weighted by Gasteiger charge is -2.29. The van der Waals surface area contributed by atoms with Crippen LogP contribution in [-0.4, -0.2) is 74.9 Å². The van der Waals surface area contributed by atoms with Crippen molar-refractivity contribution < 1.29 is 18.3 Å². The standard InChI is InChI=1S/C31H27F3N6O/c32-18-12-31(6-2-8-39(31)15-18)7-5-25-37-29-23(30(38-25)40-16-19-10-20(40)13-35-19)14-36-28(27(29)34)22-11-21(41)9-17-3-1-4-24(33)26(17)22/h1,3-4,9,11,14,18-20,35,41H,2,6,8,10,12-13,15-16H2/t18-,19+,20+,31-/m1/s1. The Balaban J connectivity index is 1.32. The number of phenolic OH excluding ortho intramolecular Hbond substituents is 1. The molecule has 2 aromatic carbocycles. The van der Waals surface area contributed by atoms with Gasteiger partial charge in [-0.1, -0.05) is 18.1 Å². The van der Waals surface area contributed by atoms with Gasteiger partial charge in [-0.05, 0) is 55.3 Å². The van der Waals surface area contributed by atoms with Gasteiger partial charge in [0.2, 0.25) is 5.82 Å². The lowest BCUT2D eigenvalue weighted by molar-refractivity contribution is 0.255. The Morgan fingerprint density at radius 3 is 2.88 bits per heavy atom. The zero-order valence-electron chi connectivity index (χ0n) is 22.2. The summed E-state index contributed by atoms with van der Waals surface area (Å²) in [5, 5.41) is 14.9. The van der Waals surface area contributed by atoms with Gasteiger partial charge in [0.1, 0.15) is 34.8 Å². The molecule has 2 N–H and O–H groups in total. The summed E-state index contributed by atoms with van der Waals surface area (Å²) in [5.74, 6) is 5.69. The number of nitrogens with one attached hydrogen (secondary N) is 1. The van der Waals surface area contributed by atoms with Crippen LogP contribution in [0.2, 0.25) is 0 Å². The van der Waals surface area contributed by atoms with Crippen molar-refractivity contribution in [2.75, 3.05) is 31.1 Å². The maximum atomic E-state index is 16.5. The minimum Gasteiger partial charge on any atom is -0.508 e. The number of anilines is 1. The van der Waals surface area contributed by atoms with Crippen LogP contribution >= 0.6 is 0 Å². The number of benzene rings is 2.